The minimum atomic E-state index is -3.17. The van der Waals surface area contributed by atoms with E-state index < -0.39 is 25.5 Å². The first-order valence-corrected chi connectivity index (χ1v) is 17.4. The summed E-state index contributed by atoms with van der Waals surface area (Å²) < 4.78 is 8.70. The van der Waals surface area contributed by atoms with Gasteiger partial charge in [0.1, 0.15) is 0 Å². The number of aliphatic carboxylic acids is 1. The molecule has 0 atom stereocenters. The quantitative estimate of drug-likeness (QED) is 0.167. The van der Waals surface area contributed by atoms with Gasteiger partial charge in [-0.15, -0.1) is 0 Å². The molecule has 0 amide bonds. The first kappa shape index (κ1) is 28.4. The van der Waals surface area contributed by atoms with Gasteiger partial charge in [-0.25, -0.2) is 0 Å². The van der Waals surface area contributed by atoms with Crippen LogP contribution in [0.3, 0.4) is 0 Å². The molecule has 0 fully saturated rings. The number of aliphatic imine (C=N–C) groups is 1. The number of rotatable bonds is 8. The van der Waals surface area contributed by atoms with Crippen LogP contribution in [0.1, 0.15) is 16.7 Å². The molecule has 43 heavy (non-hydrogen) atoms. The second-order valence-electron chi connectivity index (χ2n) is 9.92. The molecule has 6 heteroatoms. The fraction of sp³-hybridized carbons (Fsp3) is 0. The van der Waals surface area contributed by atoms with Gasteiger partial charge in [-0.3, -0.25) is 0 Å². The Kier molecular flexibility index (Phi) is 8.89. The number of allylic oxidation sites excluding steroid dienone is 2. The van der Waals surface area contributed by atoms with Crippen molar-refractivity contribution in [3.8, 4) is 0 Å². The summed E-state index contributed by atoms with van der Waals surface area (Å²) in [5.74, 6) is -0.403. The summed E-state index contributed by atoms with van der Waals surface area (Å²) in [6, 6.07) is 49.9. The normalized spacial score (nSPS) is 15.0. The number of benzene rings is 5. The van der Waals surface area contributed by atoms with Crippen LogP contribution in [-0.2, 0) is 7.90 Å². The molecule has 0 aliphatic carbocycles. The zero-order valence-electron chi connectivity index (χ0n) is 23.3. The molecule has 1 N–H and O–H groups in total. The van der Waals surface area contributed by atoms with Crippen LogP contribution in [0, 0.1) is 0 Å². The molecule has 5 aromatic carbocycles. The number of carbonyl (C=O) groups is 1. The van der Waals surface area contributed by atoms with Crippen molar-refractivity contribution in [2.45, 2.75) is 0 Å². The van der Waals surface area contributed by atoms with Crippen LogP contribution in [0.5, 0.6) is 0 Å². The number of carboxylic acids is 1. The molecular formula is C37H28BNO3Te. The Labute approximate surface area is 259 Å². The maximum atomic E-state index is 13.1. The monoisotopic (exact) mass is 675 g/mol. The molecular weight excluding hydrogens is 645 g/mol. The van der Waals surface area contributed by atoms with Crippen molar-refractivity contribution in [1.29, 1.82) is 0 Å². The molecule has 1 aliphatic rings. The summed E-state index contributed by atoms with van der Waals surface area (Å²) >= 11 is -3.17. The van der Waals surface area contributed by atoms with E-state index in [2.05, 4.69) is 24.3 Å². The van der Waals surface area contributed by atoms with Gasteiger partial charge in [0.25, 0.3) is 0 Å². The molecule has 0 saturated carbocycles. The zero-order valence-corrected chi connectivity index (χ0v) is 25.6. The van der Waals surface area contributed by atoms with E-state index in [-0.39, 0.29) is 10.4 Å². The van der Waals surface area contributed by atoms with Crippen LogP contribution in [-0.4, -0.2) is 46.6 Å². The van der Waals surface area contributed by atoms with Crippen LogP contribution < -0.4 is 10.9 Å². The third-order valence-corrected chi connectivity index (χ3v) is 11.3. The Bertz CT molecular complexity index is 1800. The zero-order chi connectivity index (χ0) is 29.4. The van der Waals surface area contributed by atoms with Crippen LogP contribution in [0.25, 0.3) is 11.3 Å². The number of hydrogen-bond acceptors (Lipinski definition) is 3. The standard InChI is InChI=1S/C37H28BNO3Te/c40-37(41)36(43-27-31(28-16-6-1-7-17-28)26-34(42-43)29-18-8-2-9-19-29)39-35(30-20-10-3-11-21-30)38(32-22-12-4-13-23-32)33-24-14-5-15-25-33/h1-27H,(H,40,41). The molecule has 0 saturated heterocycles. The molecule has 1 heterocycles. The summed E-state index contributed by atoms with van der Waals surface area (Å²) in [4.78, 5) is 18.2. The first-order chi connectivity index (χ1) is 21.2. The van der Waals surface area contributed by atoms with E-state index in [0.29, 0.717) is 11.4 Å². The third kappa shape index (κ3) is 6.68. The van der Waals surface area contributed by atoms with Gasteiger partial charge in [0.15, 0.2) is 0 Å². The predicted molar refractivity (Wildman–Crippen MR) is 179 cm³/mol. The molecule has 1 aliphatic heterocycles. The van der Waals surface area contributed by atoms with E-state index in [9.17, 15) is 9.90 Å². The number of nitrogens with zero attached hydrogens (tertiary/aromatic N) is 1. The van der Waals surface area contributed by atoms with Crippen molar-refractivity contribution in [3.05, 3.63) is 179 Å². The van der Waals surface area contributed by atoms with Crippen molar-refractivity contribution in [2.24, 2.45) is 4.99 Å². The first-order valence-electron chi connectivity index (χ1n) is 14.0. The summed E-state index contributed by atoms with van der Waals surface area (Å²) in [5, 5.41) is 10.7. The van der Waals surface area contributed by atoms with Crippen LogP contribution in [0.2, 0.25) is 0 Å². The van der Waals surface area contributed by atoms with E-state index in [4.69, 9.17) is 8.09 Å². The minimum absolute atomic E-state index is 0.0780. The molecule has 208 valence electrons. The molecule has 0 bridgehead atoms. The molecule has 0 aromatic heterocycles. The van der Waals surface area contributed by atoms with Gasteiger partial charge in [0, 0.05) is 0 Å². The van der Waals surface area contributed by atoms with Crippen molar-refractivity contribution >= 4 is 63.7 Å². The van der Waals surface area contributed by atoms with Crippen molar-refractivity contribution < 1.29 is 13.0 Å². The van der Waals surface area contributed by atoms with Gasteiger partial charge in [0.05, 0.1) is 0 Å². The molecule has 6 rings (SSSR count). The van der Waals surface area contributed by atoms with E-state index in [1.54, 1.807) is 0 Å². The molecule has 0 spiro atoms. The summed E-state index contributed by atoms with van der Waals surface area (Å²) in [6.07, 6.45) is 2.00. The third-order valence-electron chi connectivity index (χ3n) is 7.07. The summed E-state index contributed by atoms with van der Waals surface area (Å²) in [6.45, 7) is -0.288. The Morgan fingerprint density at radius 3 is 1.60 bits per heavy atom. The van der Waals surface area contributed by atoms with Crippen molar-refractivity contribution in [3.63, 3.8) is 0 Å². The fourth-order valence-corrected chi connectivity index (χ4v) is 8.95. The van der Waals surface area contributed by atoms with Crippen molar-refractivity contribution in [2.75, 3.05) is 0 Å². The van der Waals surface area contributed by atoms with E-state index in [1.165, 1.54) is 0 Å². The Balaban J connectivity index is 1.60. The second kappa shape index (κ2) is 13.5. The number of hydrogen-bond donors (Lipinski definition) is 1. The fourth-order valence-electron chi connectivity index (χ4n) is 5.04. The summed E-state index contributed by atoms with van der Waals surface area (Å²) in [7, 11) is 0. The average Bonchev–Trinajstić information content (AvgIpc) is 3.08. The van der Waals surface area contributed by atoms with Crippen molar-refractivity contribution in [1.82, 2.24) is 0 Å². The summed E-state index contributed by atoms with van der Waals surface area (Å²) in [5.41, 5.74) is 6.44. The van der Waals surface area contributed by atoms with Gasteiger partial charge in [-0.2, -0.15) is 0 Å². The predicted octanol–water partition coefficient (Wildman–Crippen LogP) is 5.81. The average molecular weight is 673 g/mol. The maximum absolute atomic E-state index is 13.1. The Morgan fingerprint density at radius 1 is 0.628 bits per heavy atom. The second-order valence-corrected chi connectivity index (χ2v) is 13.9. The molecule has 4 nitrogen and oxygen atoms in total. The topological polar surface area (TPSA) is 58.9 Å². The van der Waals surface area contributed by atoms with Crippen LogP contribution >= 0.6 is 0 Å². The van der Waals surface area contributed by atoms with E-state index in [1.807, 2.05) is 138 Å². The Morgan fingerprint density at radius 2 is 1.09 bits per heavy atom. The van der Waals surface area contributed by atoms with E-state index in [0.717, 1.165) is 33.2 Å². The molecule has 0 radical (unpaired) electrons. The van der Waals surface area contributed by atoms with Crippen LogP contribution in [0.4, 0.5) is 0 Å². The van der Waals surface area contributed by atoms with Gasteiger partial charge in [-0.1, -0.05) is 0 Å². The van der Waals surface area contributed by atoms with E-state index >= 15 is 0 Å². The SMILES string of the molecule is O=C(O)C(N=C(B(c1ccccc1)c1ccccc1)c1ccccc1)=[Te]1C=C(c2ccccc2)C=C(c2ccccc2)O1. The molecule has 0 unspecified atom stereocenters. The van der Waals surface area contributed by atoms with Gasteiger partial charge < -0.3 is 0 Å². The van der Waals surface area contributed by atoms with Gasteiger partial charge in [-0.05, 0) is 0 Å². The van der Waals surface area contributed by atoms with Gasteiger partial charge >= 0.3 is 260 Å². The number of carboxylic acid groups (broad SMARTS) is 1. The molecule has 5 aromatic rings. The van der Waals surface area contributed by atoms with Gasteiger partial charge in [0.2, 0.25) is 0 Å². The van der Waals surface area contributed by atoms with Crippen LogP contribution in [0.15, 0.2) is 167 Å². The Hall–Kier alpha value is -4.76.